The van der Waals surface area contributed by atoms with Gasteiger partial charge < -0.3 is 24.3 Å². The number of hydrogen-bond acceptors (Lipinski definition) is 7. The summed E-state index contributed by atoms with van der Waals surface area (Å²) in [5.41, 5.74) is 2.96. The number of nitrogens with zero attached hydrogens (tertiary/aromatic N) is 2. The first-order chi connectivity index (χ1) is 16.5. The highest BCUT2D eigenvalue weighted by atomic mass is 16.5. The lowest BCUT2D eigenvalue weighted by molar-refractivity contribution is -0.130. The molecule has 1 amide bonds. The number of nitrogens with one attached hydrogen (secondary N) is 1. The highest BCUT2D eigenvalue weighted by Gasteiger charge is 2.34. The molecule has 1 saturated carbocycles. The lowest BCUT2D eigenvalue weighted by atomic mass is 10.1. The van der Waals surface area contributed by atoms with Crippen molar-refractivity contribution in [3.05, 3.63) is 48.0 Å². The van der Waals surface area contributed by atoms with Crippen LogP contribution in [0.4, 0.5) is 0 Å². The van der Waals surface area contributed by atoms with E-state index < -0.39 is 6.23 Å². The molecule has 2 aliphatic rings. The first kappa shape index (κ1) is 22.8. The van der Waals surface area contributed by atoms with E-state index in [0.29, 0.717) is 23.8 Å². The van der Waals surface area contributed by atoms with Crippen LogP contribution in [0, 0.1) is 0 Å². The molecular weight excluding hydrogens is 434 g/mol. The zero-order valence-electron chi connectivity index (χ0n) is 19.6. The number of carbonyl (C=O) groups is 1. The average molecular weight is 466 g/mol. The largest absolute Gasteiger partial charge is 0.496 e. The number of methoxy groups -OCH3 is 1. The predicted octanol–water partition coefficient (Wildman–Crippen LogP) is 3.64. The summed E-state index contributed by atoms with van der Waals surface area (Å²) in [6, 6.07) is 13.4. The molecule has 1 aliphatic heterocycles. The normalized spacial score (nSPS) is 23.5. The molecule has 2 aromatic carbocycles. The van der Waals surface area contributed by atoms with Crippen molar-refractivity contribution in [3.63, 3.8) is 0 Å². The van der Waals surface area contributed by atoms with Crippen LogP contribution in [0.15, 0.2) is 46.9 Å². The molecule has 180 valence electrons. The lowest BCUT2D eigenvalue weighted by Crippen LogP contribution is -2.41. The summed E-state index contributed by atoms with van der Waals surface area (Å²) in [5, 5.41) is 14.2. The number of amides is 1. The van der Waals surface area contributed by atoms with Gasteiger partial charge in [-0.2, -0.15) is 0 Å². The molecule has 4 atom stereocenters. The molecule has 1 aromatic heterocycles. The molecule has 8 nitrogen and oxygen atoms in total. The van der Waals surface area contributed by atoms with Crippen LogP contribution in [0.2, 0.25) is 0 Å². The van der Waals surface area contributed by atoms with Crippen LogP contribution < -0.4 is 10.1 Å². The number of carbonyl (C=O) groups excluding carboxylic acids is 1. The maximum Gasteiger partial charge on any atom is 0.249 e. The van der Waals surface area contributed by atoms with E-state index in [1.807, 2.05) is 54.4 Å². The van der Waals surface area contributed by atoms with Crippen LogP contribution in [0.5, 0.6) is 5.75 Å². The maximum absolute atomic E-state index is 12.4. The number of oxazole rings is 1. The number of fused-ring (bicyclic) bond motifs is 1. The van der Waals surface area contributed by atoms with E-state index in [1.165, 1.54) is 0 Å². The number of para-hydroxylation sites is 2. The van der Waals surface area contributed by atoms with Crippen molar-refractivity contribution < 1.29 is 23.8 Å². The second-order valence-corrected chi connectivity index (χ2v) is 9.16. The third-order valence-electron chi connectivity index (χ3n) is 6.98. The van der Waals surface area contributed by atoms with Crippen molar-refractivity contribution in [1.29, 1.82) is 0 Å². The molecule has 1 saturated heterocycles. The number of aliphatic hydroxyl groups is 1. The van der Waals surface area contributed by atoms with Crippen LogP contribution in [0.1, 0.15) is 43.9 Å². The summed E-state index contributed by atoms with van der Waals surface area (Å²) in [6.07, 6.45) is 3.21. The zero-order valence-corrected chi connectivity index (χ0v) is 19.6. The molecule has 2 N–H and O–H groups in total. The van der Waals surface area contributed by atoms with E-state index in [2.05, 4.69) is 10.3 Å². The van der Waals surface area contributed by atoms with Gasteiger partial charge in [-0.05, 0) is 69.0 Å². The van der Waals surface area contributed by atoms with Gasteiger partial charge >= 0.3 is 0 Å². The highest BCUT2D eigenvalue weighted by molar-refractivity contribution is 5.81. The Balaban J connectivity index is 1.26. The van der Waals surface area contributed by atoms with E-state index in [1.54, 1.807) is 7.11 Å². The summed E-state index contributed by atoms with van der Waals surface area (Å²) in [6.45, 7) is 0.662. The maximum atomic E-state index is 12.4. The summed E-state index contributed by atoms with van der Waals surface area (Å²) in [7, 11) is 3.51. The minimum absolute atomic E-state index is 0.00845. The lowest BCUT2D eigenvalue weighted by Gasteiger charge is -2.30. The molecule has 8 heteroatoms. The Morgan fingerprint density at radius 3 is 2.85 bits per heavy atom. The van der Waals surface area contributed by atoms with Gasteiger partial charge in [0.1, 0.15) is 23.6 Å². The van der Waals surface area contributed by atoms with Crippen molar-refractivity contribution >= 4 is 17.0 Å². The van der Waals surface area contributed by atoms with Gasteiger partial charge in [-0.15, -0.1) is 0 Å². The van der Waals surface area contributed by atoms with Crippen LogP contribution >= 0.6 is 0 Å². The van der Waals surface area contributed by atoms with Gasteiger partial charge in [0.15, 0.2) is 5.58 Å². The first-order valence-electron chi connectivity index (χ1n) is 11.9. The summed E-state index contributed by atoms with van der Waals surface area (Å²) < 4.78 is 17.0. The molecule has 2 heterocycles. The third kappa shape index (κ3) is 4.53. The fraction of sp³-hybridized carbons (Fsp3) is 0.462. The van der Waals surface area contributed by atoms with Gasteiger partial charge in [-0.25, -0.2) is 4.98 Å². The van der Waals surface area contributed by atoms with Crippen molar-refractivity contribution in [3.8, 4) is 17.2 Å². The zero-order chi connectivity index (χ0) is 23.7. The fourth-order valence-corrected chi connectivity index (χ4v) is 5.00. The van der Waals surface area contributed by atoms with Gasteiger partial charge in [0.2, 0.25) is 11.8 Å². The quantitative estimate of drug-likeness (QED) is 0.514. The Morgan fingerprint density at radius 1 is 1.24 bits per heavy atom. The number of benzene rings is 2. The molecule has 34 heavy (non-hydrogen) atoms. The molecule has 0 bridgehead atoms. The Labute approximate surface area is 198 Å². The van der Waals surface area contributed by atoms with Gasteiger partial charge in [-0.1, -0.05) is 18.2 Å². The van der Waals surface area contributed by atoms with Gasteiger partial charge in [-0.3, -0.25) is 9.69 Å². The van der Waals surface area contributed by atoms with Crippen LogP contribution in [-0.2, 0) is 9.53 Å². The Hall–Kier alpha value is -2.94. The van der Waals surface area contributed by atoms with Crippen molar-refractivity contribution in [2.45, 2.75) is 56.5 Å². The smallest absolute Gasteiger partial charge is 0.249 e. The molecule has 0 radical (unpaired) electrons. The minimum Gasteiger partial charge on any atom is -0.496 e. The molecule has 1 unspecified atom stereocenters. The summed E-state index contributed by atoms with van der Waals surface area (Å²) in [4.78, 5) is 18.9. The summed E-state index contributed by atoms with van der Waals surface area (Å²) >= 11 is 0. The first-order valence-corrected chi connectivity index (χ1v) is 11.9. The van der Waals surface area contributed by atoms with E-state index in [9.17, 15) is 9.90 Å². The van der Waals surface area contributed by atoms with Gasteiger partial charge in [0, 0.05) is 18.7 Å². The number of hydrogen-bond donors (Lipinski definition) is 2. The molecule has 1 aliphatic carbocycles. The van der Waals surface area contributed by atoms with Gasteiger partial charge in [0.05, 0.1) is 12.7 Å². The van der Waals surface area contributed by atoms with Crippen LogP contribution in [0.3, 0.4) is 0 Å². The number of aliphatic hydroxyl groups excluding tert-OH is 1. The second-order valence-electron chi connectivity index (χ2n) is 9.16. The standard InChI is InChI=1S/C26H31N3O5/c1-29(18-11-10-17(15-18)27-24(30)22-8-5-13-33-22)26(31)16-9-12-19(23(14-16)32-2)25-28-20-6-3-4-7-21(20)34-25/h3-4,6-7,9,12,14,17-18,22,26,31H,5,8,10-11,13,15H2,1-2H3,(H,27,30)/t17-,18+,22-,26?/m0/s1. The summed E-state index contributed by atoms with van der Waals surface area (Å²) in [5.74, 6) is 1.06. The van der Waals surface area contributed by atoms with Gasteiger partial charge in [0.25, 0.3) is 0 Å². The molecule has 3 aromatic rings. The molecule has 0 spiro atoms. The van der Waals surface area contributed by atoms with Crippen LogP contribution in [-0.4, -0.2) is 59.8 Å². The highest BCUT2D eigenvalue weighted by Crippen LogP contribution is 2.36. The second kappa shape index (κ2) is 9.74. The number of ether oxygens (including phenoxy) is 2. The predicted molar refractivity (Wildman–Crippen MR) is 127 cm³/mol. The molecular formula is C26H31N3O5. The molecule has 5 rings (SSSR count). The van der Waals surface area contributed by atoms with E-state index in [4.69, 9.17) is 13.9 Å². The Morgan fingerprint density at radius 2 is 2.09 bits per heavy atom. The topological polar surface area (TPSA) is 97.1 Å². The SMILES string of the molecule is COc1cc(C(O)N(C)[C@@H]2CC[C@H](NC(=O)[C@@H]3CCCO3)C2)ccc1-c1nc2ccccc2o1. The third-order valence-corrected chi connectivity index (χ3v) is 6.98. The fourth-order valence-electron chi connectivity index (χ4n) is 5.00. The number of rotatable bonds is 7. The van der Waals surface area contributed by atoms with E-state index in [-0.39, 0.29) is 24.1 Å². The van der Waals surface area contributed by atoms with Crippen molar-refractivity contribution in [1.82, 2.24) is 15.2 Å². The van der Waals surface area contributed by atoms with E-state index in [0.717, 1.165) is 48.7 Å². The minimum atomic E-state index is -0.802. The Bertz CT molecular complexity index is 1120. The monoisotopic (exact) mass is 465 g/mol. The van der Waals surface area contributed by atoms with Crippen molar-refractivity contribution in [2.24, 2.45) is 0 Å². The Kier molecular flexibility index (Phi) is 6.54. The number of aromatic nitrogens is 1. The average Bonchev–Trinajstić information content (AvgIpc) is 3.63. The molecule has 2 fully saturated rings. The van der Waals surface area contributed by atoms with E-state index >= 15 is 0 Å². The van der Waals surface area contributed by atoms with Crippen LogP contribution in [0.25, 0.3) is 22.6 Å². The van der Waals surface area contributed by atoms with Crippen molar-refractivity contribution in [2.75, 3.05) is 20.8 Å².